The van der Waals surface area contributed by atoms with Gasteiger partial charge in [-0.2, -0.15) is 0 Å². The van der Waals surface area contributed by atoms with Gasteiger partial charge in [0.05, 0.1) is 25.4 Å². The molecule has 7 heteroatoms. The predicted octanol–water partition coefficient (Wildman–Crippen LogP) is 0.184. The van der Waals surface area contributed by atoms with Crippen molar-refractivity contribution in [2.75, 3.05) is 14.2 Å². The Bertz CT molecular complexity index is 464. The fourth-order valence-corrected chi connectivity index (χ4v) is 2.00. The molecule has 1 aliphatic heterocycles. The number of hydrogen-bond donors (Lipinski definition) is 2. The minimum Gasteiger partial charge on any atom is -0.481 e. The summed E-state index contributed by atoms with van der Waals surface area (Å²) in [6.07, 6.45) is 0. The maximum absolute atomic E-state index is 11.7. The van der Waals surface area contributed by atoms with Gasteiger partial charge in [-0.05, 0) is 13.8 Å². The third-order valence-corrected chi connectivity index (χ3v) is 2.82. The zero-order chi connectivity index (χ0) is 14.7. The summed E-state index contributed by atoms with van der Waals surface area (Å²) >= 11 is 0. The number of carboxylic acid groups (broad SMARTS) is 1. The van der Waals surface area contributed by atoms with Crippen molar-refractivity contribution in [1.29, 1.82) is 0 Å². The lowest BCUT2D eigenvalue weighted by molar-refractivity contribution is -0.146. The fourth-order valence-electron chi connectivity index (χ4n) is 2.00. The molecule has 0 radical (unpaired) electrons. The van der Waals surface area contributed by atoms with Crippen molar-refractivity contribution < 1.29 is 29.0 Å². The van der Waals surface area contributed by atoms with E-state index in [-0.39, 0.29) is 11.1 Å². The number of esters is 2. The molecule has 19 heavy (non-hydrogen) atoms. The molecule has 0 atom stereocenters. The van der Waals surface area contributed by atoms with Gasteiger partial charge < -0.3 is 19.9 Å². The molecule has 1 aliphatic rings. The average molecular weight is 269 g/mol. The van der Waals surface area contributed by atoms with Gasteiger partial charge >= 0.3 is 17.9 Å². The van der Waals surface area contributed by atoms with E-state index < -0.39 is 23.8 Å². The van der Waals surface area contributed by atoms with E-state index in [0.29, 0.717) is 11.4 Å². The number of methoxy groups -OCH3 is 2. The molecule has 104 valence electrons. The Labute approximate surface area is 109 Å². The van der Waals surface area contributed by atoms with Crippen LogP contribution in [0.3, 0.4) is 0 Å². The van der Waals surface area contributed by atoms with Crippen LogP contribution in [0.15, 0.2) is 22.5 Å². The van der Waals surface area contributed by atoms with Gasteiger partial charge in [-0.15, -0.1) is 0 Å². The van der Waals surface area contributed by atoms with Gasteiger partial charge in [-0.1, -0.05) is 0 Å². The Kier molecular flexibility index (Phi) is 4.31. The standard InChI is InChI=1S/C12H15NO6/c1-5-7(11(16)18-3)9(10(14)15)8(6(2)13-5)12(17)19-4/h9,13H,1-4H3,(H,14,15). The molecule has 0 spiro atoms. The summed E-state index contributed by atoms with van der Waals surface area (Å²) < 4.78 is 9.13. The van der Waals surface area contributed by atoms with Gasteiger partial charge in [0.2, 0.25) is 0 Å². The molecule has 0 aromatic carbocycles. The van der Waals surface area contributed by atoms with E-state index in [2.05, 4.69) is 14.8 Å². The summed E-state index contributed by atoms with van der Waals surface area (Å²) in [4.78, 5) is 34.8. The van der Waals surface area contributed by atoms with Gasteiger partial charge in [0, 0.05) is 11.4 Å². The number of rotatable bonds is 3. The summed E-state index contributed by atoms with van der Waals surface area (Å²) in [5, 5.41) is 12.1. The molecule has 1 heterocycles. The third kappa shape index (κ3) is 2.59. The molecule has 2 N–H and O–H groups in total. The molecular formula is C12H15NO6. The summed E-state index contributed by atoms with van der Waals surface area (Å²) in [6.45, 7) is 3.08. The normalized spacial score (nSPS) is 16.0. The highest BCUT2D eigenvalue weighted by atomic mass is 16.5. The van der Waals surface area contributed by atoms with Crippen LogP contribution >= 0.6 is 0 Å². The second-order valence-electron chi connectivity index (χ2n) is 3.96. The van der Waals surface area contributed by atoms with E-state index in [1.807, 2.05) is 0 Å². The average Bonchev–Trinajstić information content (AvgIpc) is 2.36. The van der Waals surface area contributed by atoms with Crippen molar-refractivity contribution in [2.45, 2.75) is 13.8 Å². The molecule has 0 unspecified atom stereocenters. The first-order valence-electron chi connectivity index (χ1n) is 5.43. The zero-order valence-electron chi connectivity index (χ0n) is 11.1. The van der Waals surface area contributed by atoms with Crippen molar-refractivity contribution in [1.82, 2.24) is 5.32 Å². The Morgan fingerprint density at radius 3 is 1.63 bits per heavy atom. The smallest absolute Gasteiger partial charge is 0.336 e. The molecule has 0 aromatic heterocycles. The highest BCUT2D eigenvalue weighted by molar-refractivity contribution is 6.05. The number of nitrogens with one attached hydrogen (secondary N) is 1. The quantitative estimate of drug-likeness (QED) is 0.705. The Hall–Kier alpha value is -2.31. The van der Waals surface area contributed by atoms with Gasteiger partial charge in [-0.3, -0.25) is 4.79 Å². The first-order chi connectivity index (χ1) is 8.84. The summed E-state index contributed by atoms with van der Waals surface area (Å²) in [5.74, 6) is -4.32. The molecule has 7 nitrogen and oxygen atoms in total. The number of carbonyl (C=O) groups is 3. The number of ether oxygens (including phenoxy) is 2. The number of allylic oxidation sites excluding steroid dienone is 2. The maximum Gasteiger partial charge on any atom is 0.336 e. The first-order valence-corrected chi connectivity index (χ1v) is 5.43. The summed E-state index contributed by atoms with van der Waals surface area (Å²) in [5.41, 5.74) is 0.454. The topological polar surface area (TPSA) is 102 Å². The lowest BCUT2D eigenvalue weighted by Gasteiger charge is -2.26. The molecule has 1 rings (SSSR count). The van der Waals surface area contributed by atoms with E-state index in [9.17, 15) is 19.5 Å². The van der Waals surface area contributed by atoms with E-state index >= 15 is 0 Å². The third-order valence-electron chi connectivity index (χ3n) is 2.82. The summed E-state index contributed by atoms with van der Waals surface area (Å²) in [7, 11) is 2.29. The zero-order valence-corrected chi connectivity index (χ0v) is 11.1. The number of hydrogen-bond acceptors (Lipinski definition) is 6. The predicted molar refractivity (Wildman–Crippen MR) is 63.7 cm³/mol. The highest BCUT2D eigenvalue weighted by Gasteiger charge is 2.41. The highest BCUT2D eigenvalue weighted by Crippen LogP contribution is 2.31. The van der Waals surface area contributed by atoms with E-state index in [1.165, 1.54) is 0 Å². The Morgan fingerprint density at radius 1 is 1.00 bits per heavy atom. The molecular weight excluding hydrogens is 254 g/mol. The molecule has 0 bridgehead atoms. The van der Waals surface area contributed by atoms with Gasteiger partial charge in [-0.25, -0.2) is 9.59 Å². The monoisotopic (exact) mass is 269 g/mol. The minimum absolute atomic E-state index is 0.110. The molecule has 0 amide bonds. The largest absolute Gasteiger partial charge is 0.481 e. The van der Waals surface area contributed by atoms with Crippen LogP contribution in [0.5, 0.6) is 0 Å². The second kappa shape index (κ2) is 5.55. The molecule has 0 aliphatic carbocycles. The first kappa shape index (κ1) is 14.7. The lowest BCUT2D eigenvalue weighted by atomic mass is 9.85. The van der Waals surface area contributed by atoms with Crippen LogP contribution in [0.4, 0.5) is 0 Å². The van der Waals surface area contributed by atoms with Crippen molar-refractivity contribution >= 4 is 17.9 Å². The van der Waals surface area contributed by atoms with Crippen LogP contribution in [-0.4, -0.2) is 37.2 Å². The Morgan fingerprint density at radius 2 is 1.37 bits per heavy atom. The van der Waals surface area contributed by atoms with Crippen molar-refractivity contribution in [3.05, 3.63) is 22.5 Å². The van der Waals surface area contributed by atoms with Gasteiger partial charge in [0.15, 0.2) is 0 Å². The van der Waals surface area contributed by atoms with E-state index in [0.717, 1.165) is 14.2 Å². The summed E-state index contributed by atoms with van der Waals surface area (Å²) in [6, 6.07) is 0. The van der Waals surface area contributed by atoms with Crippen LogP contribution in [0, 0.1) is 5.92 Å². The molecule has 0 aromatic rings. The van der Waals surface area contributed by atoms with E-state index in [1.54, 1.807) is 13.8 Å². The molecule has 0 saturated carbocycles. The van der Waals surface area contributed by atoms with Crippen LogP contribution in [0.2, 0.25) is 0 Å². The van der Waals surface area contributed by atoms with E-state index in [4.69, 9.17) is 0 Å². The van der Waals surface area contributed by atoms with Crippen LogP contribution in [0.25, 0.3) is 0 Å². The van der Waals surface area contributed by atoms with Crippen LogP contribution in [-0.2, 0) is 23.9 Å². The molecule has 0 fully saturated rings. The Balaban J connectivity index is 3.42. The SMILES string of the molecule is COC(=O)C1=C(C)NC(C)=C(C(=O)OC)C1C(=O)O. The van der Waals surface area contributed by atoms with Crippen molar-refractivity contribution in [2.24, 2.45) is 5.92 Å². The van der Waals surface area contributed by atoms with Crippen molar-refractivity contribution in [3.8, 4) is 0 Å². The van der Waals surface area contributed by atoms with Gasteiger partial charge in [0.25, 0.3) is 0 Å². The maximum atomic E-state index is 11.7. The number of carbonyl (C=O) groups excluding carboxylic acids is 2. The van der Waals surface area contributed by atoms with Crippen LogP contribution in [0.1, 0.15) is 13.8 Å². The minimum atomic E-state index is -1.40. The number of carboxylic acids is 1. The second-order valence-corrected chi connectivity index (χ2v) is 3.96. The number of dihydropyridines is 1. The fraction of sp³-hybridized carbons (Fsp3) is 0.417. The van der Waals surface area contributed by atoms with Crippen LogP contribution < -0.4 is 5.32 Å². The molecule has 0 saturated heterocycles. The van der Waals surface area contributed by atoms with Crippen molar-refractivity contribution in [3.63, 3.8) is 0 Å². The lowest BCUT2D eigenvalue weighted by Crippen LogP contribution is -2.37. The van der Waals surface area contributed by atoms with Gasteiger partial charge in [0.1, 0.15) is 5.92 Å². The number of aliphatic carboxylic acids is 1.